The van der Waals surface area contributed by atoms with Gasteiger partial charge in [0.15, 0.2) is 0 Å². The van der Waals surface area contributed by atoms with Crippen molar-refractivity contribution in [1.29, 1.82) is 0 Å². The van der Waals surface area contributed by atoms with E-state index in [1.807, 2.05) is 71.6 Å². The molecule has 4 aromatic rings. The second kappa shape index (κ2) is 9.35. The Kier molecular flexibility index (Phi) is 5.96. The van der Waals surface area contributed by atoms with Gasteiger partial charge in [0.2, 0.25) is 5.91 Å². The number of rotatable bonds is 4. The minimum Gasteiger partial charge on any atom is -0.326 e. The molecular weight excluding hydrogens is 428 g/mol. The third kappa shape index (κ3) is 4.69. The molecule has 0 fully saturated rings. The van der Waals surface area contributed by atoms with E-state index >= 15 is 0 Å². The van der Waals surface area contributed by atoms with Gasteiger partial charge in [0, 0.05) is 21.0 Å². The van der Waals surface area contributed by atoms with Crippen LogP contribution in [0.5, 0.6) is 0 Å². The number of carbonyl (C=O) groups excluding carboxylic acids is 2. The molecule has 1 aliphatic heterocycles. The van der Waals surface area contributed by atoms with Crippen LogP contribution in [-0.2, 0) is 17.8 Å². The number of benzene rings is 4. The van der Waals surface area contributed by atoms with E-state index in [4.69, 9.17) is 0 Å². The summed E-state index contributed by atoms with van der Waals surface area (Å²) in [4.78, 5) is 29.9. The third-order valence-corrected chi connectivity index (χ3v) is 6.73. The summed E-state index contributed by atoms with van der Waals surface area (Å²) < 4.78 is 0. The quantitative estimate of drug-likeness (QED) is 0.404. The zero-order valence-electron chi connectivity index (χ0n) is 17.9. The van der Waals surface area contributed by atoms with Gasteiger partial charge in [-0.05, 0) is 53.6 Å². The first kappa shape index (κ1) is 21.0. The molecule has 33 heavy (non-hydrogen) atoms. The van der Waals surface area contributed by atoms with Crippen LogP contribution in [-0.4, -0.2) is 11.8 Å². The number of fused-ring (bicyclic) bond motifs is 2. The number of amides is 2. The molecule has 0 aromatic heterocycles. The predicted molar refractivity (Wildman–Crippen MR) is 133 cm³/mol. The van der Waals surface area contributed by atoms with Gasteiger partial charge >= 0.3 is 0 Å². The molecule has 162 valence electrons. The smallest absolute Gasteiger partial charge is 0.258 e. The van der Waals surface area contributed by atoms with Crippen molar-refractivity contribution in [3.63, 3.8) is 0 Å². The van der Waals surface area contributed by atoms with Crippen LogP contribution in [0.3, 0.4) is 0 Å². The number of anilines is 2. The average molecular weight is 451 g/mol. The third-order valence-electron chi connectivity index (χ3n) is 5.55. The minimum atomic E-state index is -0.0876. The molecule has 0 bridgehead atoms. The van der Waals surface area contributed by atoms with Crippen molar-refractivity contribution in [2.75, 3.05) is 10.2 Å². The first-order valence-electron chi connectivity index (χ1n) is 10.8. The van der Waals surface area contributed by atoms with Gasteiger partial charge in [0.05, 0.1) is 18.7 Å². The Hall–Kier alpha value is -3.83. The Morgan fingerprint density at radius 2 is 1.42 bits per heavy atom. The molecule has 0 spiro atoms. The highest BCUT2D eigenvalue weighted by Crippen LogP contribution is 2.41. The summed E-state index contributed by atoms with van der Waals surface area (Å²) >= 11 is 1.69. The lowest BCUT2D eigenvalue weighted by atomic mass is 10.1. The second-order valence-corrected chi connectivity index (χ2v) is 8.94. The summed E-state index contributed by atoms with van der Waals surface area (Å²) in [5.74, 6) is -0.155. The fourth-order valence-corrected chi connectivity index (χ4v) is 4.97. The van der Waals surface area contributed by atoms with Gasteiger partial charge in [-0.1, -0.05) is 72.4 Å². The lowest BCUT2D eigenvalue weighted by Crippen LogP contribution is -2.30. The van der Waals surface area contributed by atoms with E-state index in [1.165, 1.54) is 0 Å². The molecule has 0 saturated heterocycles. The van der Waals surface area contributed by atoms with Crippen LogP contribution in [0, 0.1) is 0 Å². The lowest BCUT2D eigenvalue weighted by Gasteiger charge is -2.23. The number of hydrogen-bond acceptors (Lipinski definition) is 3. The van der Waals surface area contributed by atoms with Crippen molar-refractivity contribution in [2.45, 2.75) is 22.8 Å². The molecule has 5 rings (SSSR count). The zero-order chi connectivity index (χ0) is 22.6. The molecule has 4 nitrogen and oxygen atoms in total. The summed E-state index contributed by atoms with van der Waals surface area (Å²) in [7, 11) is 0. The van der Waals surface area contributed by atoms with Crippen molar-refractivity contribution >= 4 is 35.0 Å². The summed E-state index contributed by atoms with van der Waals surface area (Å²) in [6.07, 6.45) is 0.309. The summed E-state index contributed by atoms with van der Waals surface area (Å²) in [6.45, 7) is 0.509. The highest BCUT2D eigenvalue weighted by atomic mass is 32.2. The topological polar surface area (TPSA) is 49.4 Å². The SMILES string of the molecule is O=C(Cc1ccccc1)Nc1ccc(C(=O)N2Cc3ccccc3Sc3ccccc32)cc1. The van der Waals surface area contributed by atoms with Crippen molar-refractivity contribution in [3.8, 4) is 0 Å². The van der Waals surface area contributed by atoms with Crippen LogP contribution in [0.15, 0.2) is 113 Å². The van der Waals surface area contributed by atoms with Gasteiger partial charge in [-0.3, -0.25) is 9.59 Å². The van der Waals surface area contributed by atoms with E-state index in [-0.39, 0.29) is 11.8 Å². The van der Waals surface area contributed by atoms with Crippen LogP contribution < -0.4 is 10.2 Å². The average Bonchev–Trinajstić information content (AvgIpc) is 3.01. The summed E-state index contributed by atoms with van der Waals surface area (Å²) in [5, 5.41) is 2.91. The number of carbonyl (C=O) groups is 2. The van der Waals surface area contributed by atoms with Crippen LogP contribution in [0.2, 0.25) is 0 Å². The predicted octanol–water partition coefficient (Wildman–Crippen LogP) is 6.18. The van der Waals surface area contributed by atoms with Crippen LogP contribution >= 0.6 is 11.8 Å². The van der Waals surface area contributed by atoms with Crippen molar-refractivity contribution in [2.24, 2.45) is 0 Å². The normalized spacial score (nSPS) is 12.3. The Morgan fingerprint density at radius 3 is 2.21 bits per heavy atom. The molecular formula is C28H22N2O2S. The largest absolute Gasteiger partial charge is 0.326 e. The zero-order valence-corrected chi connectivity index (χ0v) is 18.7. The molecule has 0 radical (unpaired) electrons. The molecule has 0 unspecified atom stereocenters. The van der Waals surface area contributed by atoms with Crippen molar-refractivity contribution in [1.82, 2.24) is 0 Å². The first-order valence-corrected chi connectivity index (χ1v) is 11.6. The second-order valence-electron chi connectivity index (χ2n) is 7.86. The number of nitrogens with zero attached hydrogens (tertiary/aromatic N) is 1. The van der Waals surface area contributed by atoms with E-state index in [9.17, 15) is 9.59 Å². The van der Waals surface area contributed by atoms with Gasteiger partial charge in [0.25, 0.3) is 5.91 Å². The highest BCUT2D eigenvalue weighted by molar-refractivity contribution is 7.99. The van der Waals surface area contributed by atoms with Crippen molar-refractivity contribution < 1.29 is 9.59 Å². The van der Waals surface area contributed by atoms with Gasteiger partial charge in [-0.15, -0.1) is 0 Å². The molecule has 0 saturated carbocycles. The number of para-hydroxylation sites is 1. The van der Waals surface area contributed by atoms with Crippen LogP contribution in [0.25, 0.3) is 0 Å². The van der Waals surface area contributed by atoms with Gasteiger partial charge < -0.3 is 10.2 Å². The van der Waals surface area contributed by atoms with E-state index in [1.54, 1.807) is 36.0 Å². The molecule has 4 aromatic carbocycles. The molecule has 2 amide bonds. The number of nitrogens with one attached hydrogen (secondary N) is 1. The maximum absolute atomic E-state index is 13.5. The van der Waals surface area contributed by atoms with Crippen molar-refractivity contribution in [3.05, 3.63) is 120 Å². The van der Waals surface area contributed by atoms with E-state index in [2.05, 4.69) is 17.4 Å². The fourth-order valence-electron chi connectivity index (χ4n) is 3.89. The van der Waals surface area contributed by atoms with E-state index in [0.29, 0.717) is 24.2 Å². The fraction of sp³-hybridized carbons (Fsp3) is 0.0714. The maximum atomic E-state index is 13.5. The minimum absolute atomic E-state index is 0.0677. The van der Waals surface area contributed by atoms with Crippen LogP contribution in [0.4, 0.5) is 11.4 Å². The van der Waals surface area contributed by atoms with Crippen LogP contribution in [0.1, 0.15) is 21.5 Å². The lowest BCUT2D eigenvalue weighted by molar-refractivity contribution is -0.115. The monoisotopic (exact) mass is 450 g/mol. The summed E-state index contributed by atoms with van der Waals surface area (Å²) in [5.41, 5.74) is 4.24. The highest BCUT2D eigenvalue weighted by Gasteiger charge is 2.25. The standard InChI is InChI=1S/C28H22N2O2S/c31-27(18-20-8-2-1-3-9-20)29-23-16-14-21(15-17-23)28(32)30-19-22-10-4-6-12-25(22)33-26-13-7-5-11-24(26)30/h1-17H,18-19H2,(H,29,31). The Morgan fingerprint density at radius 1 is 0.758 bits per heavy atom. The summed E-state index contributed by atoms with van der Waals surface area (Å²) in [6, 6.07) is 32.9. The maximum Gasteiger partial charge on any atom is 0.258 e. The van der Waals surface area contributed by atoms with Gasteiger partial charge in [-0.25, -0.2) is 0 Å². The van der Waals surface area contributed by atoms with E-state index < -0.39 is 0 Å². The Balaban J connectivity index is 1.35. The number of hydrogen-bond donors (Lipinski definition) is 1. The molecule has 1 heterocycles. The van der Waals surface area contributed by atoms with E-state index in [0.717, 1.165) is 26.6 Å². The Bertz CT molecular complexity index is 1300. The molecule has 5 heteroatoms. The molecule has 1 N–H and O–H groups in total. The van der Waals surface area contributed by atoms with Gasteiger partial charge in [0.1, 0.15) is 0 Å². The molecule has 1 aliphatic rings. The first-order chi connectivity index (χ1) is 16.2. The molecule has 0 atom stereocenters. The molecule has 0 aliphatic carbocycles. The van der Waals surface area contributed by atoms with Gasteiger partial charge in [-0.2, -0.15) is 0 Å². The Labute approximate surface area is 197 Å².